The Kier molecular flexibility index (Phi) is 6.04. The first-order valence-corrected chi connectivity index (χ1v) is 10.0. The van der Waals surface area contributed by atoms with Gasteiger partial charge in [0.15, 0.2) is 0 Å². The Morgan fingerprint density at radius 2 is 1.79 bits per heavy atom. The zero-order chi connectivity index (χ0) is 20.6. The van der Waals surface area contributed by atoms with Gasteiger partial charge >= 0.3 is 5.97 Å². The lowest BCUT2D eigenvalue weighted by Crippen LogP contribution is -2.39. The molecule has 0 saturated carbocycles. The number of nitrogens with one attached hydrogen (secondary N) is 1. The Hall–Kier alpha value is -1.62. The lowest BCUT2D eigenvalue weighted by atomic mass is 9.74. The molecule has 2 aromatic rings. The molecule has 4 atom stereocenters. The van der Waals surface area contributed by atoms with Crippen molar-refractivity contribution in [2.45, 2.75) is 51.1 Å². The zero-order valence-corrected chi connectivity index (χ0v) is 17.6. The van der Waals surface area contributed by atoms with Crippen LogP contribution >= 0.6 is 23.2 Å². The second-order valence-electron chi connectivity index (χ2n) is 8.59. The van der Waals surface area contributed by atoms with Gasteiger partial charge in [-0.25, -0.2) is 4.39 Å². The van der Waals surface area contributed by atoms with Gasteiger partial charge in [0.25, 0.3) is 0 Å². The van der Waals surface area contributed by atoms with Gasteiger partial charge in [-0.2, -0.15) is 0 Å². The molecule has 0 radical (unpaired) electrons. The maximum Gasteiger partial charge on any atom is 0.321 e. The van der Waals surface area contributed by atoms with Crippen LogP contribution in [0, 0.1) is 11.2 Å². The number of aliphatic carboxylic acids is 1. The maximum atomic E-state index is 14.9. The molecule has 2 N–H and O–H groups in total. The summed E-state index contributed by atoms with van der Waals surface area (Å²) in [6.45, 7) is 6.26. The molecule has 1 heterocycles. The van der Waals surface area contributed by atoms with Gasteiger partial charge in [0, 0.05) is 27.9 Å². The first-order valence-electron chi connectivity index (χ1n) is 9.27. The van der Waals surface area contributed by atoms with Crippen molar-refractivity contribution in [2.75, 3.05) is 0 Å². The van der Waals surface area contributed by atoms with Crippen LogP contribution in [0.4, 0.5) is 4.39 Å². The number of carboxylic acid groups (broad SMARTS) is 1. The van der Waals surface area contributed by atoms with Gasteiger partial charge in [-0.05, 0) is 41.2 Å². The standard InChI is InChI=1S/C22H24Cl2FNO2/c1-22(2,3)11-17-18(14-9-8-12(23)10-16(14)25)19(20(26-17)21(27)28)13-6-4-5-7-15(13)24/h4-10,17-20,26H,11H2,1-3H3,(H,27,28). The summed E-state index contributed by atoms with van der Waals surface area (Å²) in [4.78, 5) is 12.1. The number of hydrogen-bond acceptors (Lipinski definition) is 2. The lowest BCUT2D eigenvalue weighted by Gasteiger charge is -2.30. The van der Waals surface area contributed by atoms with Crippen LogP contribution in [0.1, 0.15) is 50.2 Å². The van der Waals surface area contributed by atoms with E-state index in [2.05, 4.69) is 26.1 Å². The monoisotopic (exact) mass is 423 g/mol. The van der Waals surface area contributed by atoms with Crippen LogP contribution in [0.25, 0.3) is 0 Å². The molecule has 6 heteroatoms. The minimum atomic E-state index is -0.972. The molecule has 0 amide bonds. The van der Waals surface area contributed by atoms with Crippen molar-refractivity contribution < 1.29 is 14.3 Å². The molecule has 28 heavy (non-hydrogen) atoms. The third-order valence-corrected chi connectivity index (χ3v) is 5.84. The van der Waals surface area contributed by atoms with Gasteiger partial charge in [0.05, 0.1) is 0 Å². The summed E-state index contributed by atoms with van der Waals surface area (Å²) in [7, 11) is 0. The Morgan fingerprint density at radius 1 is 1.11 bits per heavy atom. The van der Waals surface area contributed by atoms with Crippen molar-refractivity contribution in [3.05, 3.63) is 69.5 Å². The van der Waals surface area contributed by atoms with E-state index in [1.165, 1.54) is 6.07 Å². The Labute approximate surface area is 174 Å². The summed E-state index contributed by atoms with van der Waals surface area (Å²) >= 11 is 12.4. The molecular formula is C22H24Cl2FNO2. The number of hydrogen-bond donors (Lipinski definition) is 2. The number of carbonyl (C=O) groups is 1. The van der Waals surface area contributed by atoms with Crippen LogP contribution in [0.15, 0.2) is 42.5 Å². The van der Waals surface area contributed by atoms with Gasteiger partial charge in [-0.3, -0.25) is 4.79 Å². The van der Waals surface area contributed by atoms with E-state index in [0.717, 1.165) is 0 Å². The normalized spacial score (nSPS) is 25.1. The first kappa shape index (κ1) is 21.1. The summed E-state index contributed by atoms with van der Waals surface area (Å²) in [5.74, 6) is -2.30. The molecule has 2 aromatic carbocycles. The average molecular weight is 424 g/mol. The summed E-state index contributed by atoms with van der Waals surface area (Å²) in [5, 5.41) is 14.0. The van der Waals surface area contributed by atoms with E-state index < -0.39 is 29.7 Å². The van der Waals surface area contributed by atoms with E-state index in [1.807, 2.05) is 12.1 Å². The highest BCUT2D eigenvalue weighted by molar-refractivity contribution is 6.31. The maximum absolute atomic E-state index is 14.9. The number of benzene rings is 2. The van der Waals surface area contributed by atoms with Crippen molar-refractivity contribution in [3.8, 4) is 0 Å². The molecule has 0 bridgehead atoms. The van der Waals surface area contributed by atoms with Crippen LogP contribution in [0.2, 0.25) is 10.0 Å². The van der Waals surface area contributed by atoms with E-state index >= 15 is 0 Å². The molecule has 3 nitrogen and oxygen atoms in total. The van der Waals surface area contributed by atoms with Crippen molar-refractivity contribution in [3.63, 3.8) is 0 Å². The highest BCUT2D eigenvalue weighted by Crippen LogP contribution is 2.48. The molecule has 3 rings (SSSR count). The summed E-state index contributed by atoms with van der Waals surface area (Å²) < 4.78 is 14.9. The van der Waals surface area contributed by atoms with E-state index in [-0.39, 0.29) is 11.5 Å². The van der Waals surface area contributed by atoms with E-state index in [4.69, 9.17) is 23.2 Å². The fourth-order valence-electron chi connectivity index (χ4n) is 4.27. The van der Waals surface area contributed by atoms with Crippen molar-refractivity contribution in [1.29, 1.82) is 0 Å². The summed E-state index contributed by atoms with van der Waals surface area (Å²) in [5.41, 5.74) is 1.09. The number of halogens is 3. The fourth-order valence-corrected chi connectivity index (χ4v) is 4.69. The van der Waals surface area contributed by atoms with Crippen molar-refractivity contribution >= 4 is 29.2 Å². The molecule has 0 spiro atoms. The van der Waals surface area contributed by atoms with Crippen LogP contribution < -0.4 is 5.32 Å². The Morgan fingerprint density at radius 3 is 2.36 bits per heavy atom. The van der Waals surface area contributed by atoms with Gasteiger partial charge in [0.2, 0.25) is 0 Å². The van der Waals surface area contributed by atoms with E-state index in [9.17, 15) is 14.3 Å². The molecule has 150 valence electrons. The lowest BCUT2D eigenvalue weighted by molar-refractivity contribution is -0.139. The van der Waals surface area contributed by atoms with E-state index in [0.29, 0.717) is 27.6 Å². The summed E-state index contributed by atoms with van der Waals surface area (Å²) in [6.07, 6.45) is 0.685. The van der Waals surface area contributed by atoms with Gasteiger partial charge in [0.1, 0.15) is 11.9 Å². The molecule has 1 aliphatic heterocycles. The largest absolute Gasteiger partial charge is 0.480 e. The first-order chi connectivity index (χ1) is 13.1. The molecule has 0 aromatic heterocycles. The second-order valence-corrected chi connectivity index (χ2v) is 9.44. The van der Waals surface area contributed by atoms with Crippen LogP contribution in [-0.4, -0.2) is 23.2 Å². The highest BCUT2D eigenvalue weighted by atomic mass is 35.5. The third-order valence-electron chi connectivity index (χ3n) is 5.26. The van der Waals surface area contributed by atoms with Gasteiger partial charge < -0.3 is 10.4 Å². The van der Waals surface area contributed by atoms with Crippen LogP contribution in [-0.2, 0) is 4.79 Å². The SMILES string of the molecule is CC(C)(C)CC1NC(C(=O)O)C(c2ccccc2Cl)C1c1ccc(Cl)cc1F. The second kappa shape index (κ2) is 8.02. The van der Waals surface area contributed by atoms with Gasteiger partial charge in [-0.15, -0.1) is 0 Å². The Balaban J connectivity index is 2.18. The fraction of sp³-hybridized carbons (Fsp3) is 0.409. The molecule has 1 fully saturated rings. The predicted octanol–water partition coefficient (Wildman–Crippen LogP) is 5.86. The van der Waals surface area contributed by atoms with Crippen LogP contribution in [0.5, 0.6) is 0 Å². The minimum absolute atomic E-state index is 0.0722. The average Bonchev–Trinajstić information content (AvgIpc) is 2.92. The number of rotatable bonds is 4. The molecule has 4 unspecified atom stereocenters. The topological polar surface area (TPSA) is 49.3 Å². The molecule has 1 saturated heterocycles. The van der Waals surface area contributed by atoms with Gasteiger partial charge in [-0.1, -0.05) is 68.2 Å². The third kappa shape index (κ3) is 4.35. The Bertz CT molecular complexity index is 881. The van der Waals surface area contributed by atoms with Crippen LogP contribution in [0.3, 0.4) is 0 Å². The molecular weight excluding hydrogens is 400 g/mol. The molecule has 0 aliphatic carbocycles. The van der Waals surface area contributed by atoms with Crippen molar-refractivity contribution in [2.24, 2.45) is 5.41 Å². The molecule has 1 aliphatic rings. The highest BCUT2D eigenvalue weighted by Gasteiger charge is 2.49. The number of carboxylic acids is 1. The minimum Gasteiger partial charge on any atom is -0.480 e. The van der Waals surface area contributed by atoms with Crippen molar-refractivity contribution in [1.82, 2.24) is 5.32 Å². The zero-order valence-electron chi connectivity index (χ0n) is 16.0. The summed E-state index contributed by atoms with van der Waals surface area (Å²) in [6, 6.07) is 10.7. The predicted molar refractivity (Wildman–Crippen MR) is 111 cm³/mol. The smallest absolute Gasteiger partial charge is 0.321 e. The van der Waals surface area contributed by atoms with E-state index in [1.54, 1.807) is 24.3 Å². The quantitative estimate of drug-likeness (QED) is 0.646.